The minimum Gasteiger partial charge on any atom is -0.394 e. The summed E-state index contributed by atoms with van der Waals surface area (Å²) in [5.74, 6) is 0. The Balaban J connectivity index is 2.05. The minimum atomic E-state index is -0.134. The molecule has 78 valence electrons. The van der Waals surface area contributed by atoms with Crippen LogP contribution in [0.1, 0.15) is 0 Å². The van der Waals surface area contributed by atoms with Crippen molar-refractivity contribution in [1.29, 1.82) is 0 Å². The number of rotatable bonds is 3. The van der Waals surface area contributed by atoms with E-state index in [-0.39, 0.29) is 11.1 Å². The molecule has 0 fully saturated rings. The molecule has 0 aliphatic rings. The van der Waals surface area contributed by atoms with Crippen LogP contribution in [0.4, 0.5) is 5.69 Å². The van der Waals surface area contributed by atoms with Gasteiger partial charge in [-0.25, -0.2) is 0 Å². The number of hydrogen-bond donors (Lipinski definition) is 1. The topological polar surface area (TPSA) is 65.8 Å². The first kappa shape index (κ1) is 9.51. The summed E-state index contributed by atoms with van der Waals surface area (Å²) < 4.78 is 3.70. The SMILES string of the molecule is Nc1cn(CCn2cccn2)ccc1=O. The van der Waals surface area contributed by atoms with Gasteiger partial charge in [0.05, 0.1) is 12.2 Å². The van der Waals surface area contributed by atoms with Crippen LogP contribution in [0.15, 0.2) is 41.7 Å². The van der Waals surface area contributed by atoms with Crippen LogP contribution >= 0.6 is 0 Å². The fraction of sp³-hybridized carbons (Fsp3) is 0.200. The van der Waals surface area contributed by atoms with Crippen molar-refractivity contribution < 1.29 is 0 Å². The van der Waals surface area contributed by atoms with Crippen molar-refractivity contribution in [3.8, 4) is 0 Å². The fourth-order valence-corrected chi connectivity index (χ4v) is 1.33. The van der Waals surface area contributed by atoms with Gasteiger partial charge in [-0.2, -0.15) is 5.10 Å². The number of nitrogen functional groups attached to an aromatic ring is 1. The lowest BCUT2D eigenvalue weighted by Crippen LogP contribution is -2.13. The Morgan fingerprint density at radius 3 is 2.87 bits per heavy atom. The van der Waals surface area contributed by atoms with E-state index in [1.54, 1.807) is 18.6 Å². The third-order valence-electron chi connectivity index (χ3n) is 2.15. The average Bonchev–Trinajstić information content (AvgIpc) is 2.73. The normalized spacial score (nSPS) is 10.4. The van der Waals surface area contributed by atoms with E-state index in [9.17, 15) is 4.79 Å². The number of hydrogen-bond acceptors (Lipinski definition) is 3. The van der Waals surface area contributed by atoms with Gasteiger partial charge < -0.3 is 10.3 Å². The van der Waals surface area contributed by atoms with Crippen LogP contribution < -0.4 is 11.2 Å². The zero-order valence-corrected chi connectivity index (χ0v) is 8.21. The second-order valence-corrected chi connectivity index (χ2v) is 3.27. The van der Waals surface area contributed by atoms with Crippen molar-refractivity contribution >= 4 is 5.69 Å². The predicted octanol–water partition coefficient (Wildman–Crippen LogP) is 0.327. The highest BCUT2D eigenvalue weighted by atomic mass is 16.1. The van der Waals surface area contributed by atoms with Gasteiger partial charge in [0.2, 0.25) is 5.43 Å². The molecule has 0 radical (unpaired) electrons. The Morgan fingerprint density at radius 1 is 1.33 bits per heavy atom. The number of anilines is 1. The third-order valence-corrected chi connectivity index (χ3v) is 2.15. The highest BCUT2D eigenvalue weighted by Crippen LogP contribution is 1.95. The summed E-state index contributed by atoms with van der Waals surface area (Å²) >= 11 is 0. The van der Waals surface area contributed by atoms with E-state index in [2.05, 4.69) is 5.10 Å². The number of nitrogens with two attached hydrogens (primary N) is 1. The van der Waals surface area contributed by atoms with Crippen LogP contribution in [0.25, 0.3) is 0 Å². The van der Waals surface area contributed by atoms with Gasteiger partial charge >= 0.3 is 0 Å². The monoisotopic (exact) mass is 204 g/mol. The smallest absolute Gasteiger partial charge is 0.204 e. The van der Waals surface area contributed by atoms with E-state index in [4.69, 9.17) is 5.73 Å². The highest BCUT2D eigenvalue weighted by molar-refractivity contribution is 5.33. The summed E-state index contributed by atoms with van der Waals surface area (Å²) in [4.78, 5) is 11.0. The molecule has 0 saturated carbocycles. The molecule has 2 rings (SSSR count). The molecule has 0 bridgehead atoms. The van der Waals surface area contributed by atoms with Crippen LogP contribution in [-0.4, -0.2) is 14.3 Å². The molecule has 0 aliphatic carbocycles. The molecule has 5 nitrogen and oxygen atoms in total. The van der Waals surface area contributed by atoms with Crippen molar-refractivity contribution in [2.24, 2.45) is 0 Å². The molecule has 0 amide bonds. The Bertz CT molecular complexity index is 486. The van der Waals surface area contributed by atoms with Crippen LogP contribution in [0, 0.1) is 0 Å². The fourth-order valence-electron chi connectivity index (χ4n) is 1.33. The lowest BCUT2D eigenvalue weighted by molar-refractivity contribution is 0.532. The molecule has 5 heteroatoms. The van der Waals surface area contributed by atoms with E-state index in [0.29, 0.717) is 0 Å². The molecular weight excluding hydrogens is 192 g/mol. The van der Waals surface area contributed by atoms with Crippen molar-refractivity contribution in [3.63, 3.8) is 0 Å². The molecule has 15 heavy (non-hydrogen) atoms. The van der Waals surface area contributed by atoms with E-state index in [1.165, 1.54) is 6.07 Å². The lowest BCUT2D eigenvalue weighted by Gasteiger charge is -2.06. The quantitative estimate of drug-likeness (QED) is 0.783. The Labute approximate surface area is 86.8 Å². The van der Waals surface area contributed by atoms with E-state index < -0.39 is 0 Å². The van der Waals surface area contributed by atoms with Gasteiger partial charge in [0.25, 0.3) is 0 Å². The first-order chi connectivity index (χ1) is 7.25. The second-order valence-electron chi connectivity index (χ2n) is 3.27. The van der Waals surface area contributed by atoms with Gasteiger partial charge in [-0.05, 0) is 6.07 Å². The molecule has 0 aromatic carbocycles. The minimum absolute atomic E-state index is 0.134. The molecule has 0 saturated heterocycles. The van der Waals surface area contributed by atoms with Gasteiger partial charge in [-0.3, -0.25) is 9.48 Å². The van der Waals surface area contributed by atoms with Gasteiger partial charge in [-0.15, -0.1) is 0 Å². The van der Waals surface area contributed by atoms with Crippen molar-refractivity contribution in [1.82, 2.24) is 14.3 Å². The van der Waals surface area contributed by atoms with Crippen LogP contribution in [0.3, 0.4) is 0 Å². The predicted molar refractivity (Wildman–Crippen MR) is 57.3 cm³/mol. The molecule has 2 aromatic rings. The Morgan fingerprint density at radius 2 is 2.20 bits per heavy atom. The van der Waals surface area contributed by atoms with Gasteiger partial charge in [-0.1, -0.05) is 0 Å². The molecule has 2 heterocycles. The summed E-state index contributed by atoms with van der Waals surface area (Å²) in [7, 11) is 0. The maximum Gasteiger partial charge on any atom is 0.204 e. The molecule has 2 N–H and O–H groups in total. The third kappa shape index (κ3) is 2.25. The van der Waals surface area contributed by atoms with Gasteiger partial charge in [0, 0.05) is 37.4 Å². The van der Waals surface area contributed by atoms with Crippen LogP contribution in [0.2, 0.25) is 0 Å². The average molecular weight is 204 g/mol. The van der Waals surface area contributed by atoms with E-state index in [1.807, 2.05) is 21.5 Å². The number of aromatic nitrogens is 3. The molecular formula is C10H12N4O. The molecule has 0 unspecified atom stereocenters. The van der Waals surface area contributed by atoms with Crippen LogP contribution in [0.5, 0.6) is 0 Å². The largest absolute Gasteiger partial charge is 0.394 e. The summed E-state index contributed by atoms with van der Waals surface area (Å²) in [5.41, 5.74) is 5.66. The number of pyridine rings is 1. The highest BCUT2D eigenvalue weighted by Gasteiger charge is 1.95. The van der Waals surface area contributed by atoms with E-state index >= 15 is 0 Å². The van der Waals surface area contributed by atoms with Crippen LogP contribution in [-0.2, 0) is 13.1 Å². The Kier molecular flexibility index (Phi) is 2.53. The van der Waals surface area contributed by atoms with E-state index in [0.717, 1.165) is 13.1 Å². The second kappa shape index (κ2) is 4.00. The molecule has 2 aromatic heterocycles. The van der Waals surface area contributed by atoms with Crippen molar-refractivity contribution in [2.75, 3.05) is 5.73 Å². The molecule has 0 atom stereocenters. The first-order valence-corrected chi connectivity index (χ1v) is 4.69. The summed E-state index contributed by atoms with van der Waals surface area (Å²) in [6.07, 6.45) is 7.00. The van der Waals surface area contributed by atoms with Gasteiger partial charge in [0.15, 0.2) is 0 Å². The maximum atomic E-state index is 11.0. The summed E-state index contributed by atoms with van der Waals surface area (Å²) in [6.45, 7) is 1.50. The molecule has 0 aliphatic heterocycles. The van der Waals surface area contributed by atoms with Crippen molar-refractivity contribution in [2.45, 2.75) is 13.1 Å². The zero-order chi connectivity index (χ0) is 10.7. The van der Waals surface area contributed by atoms with Crippen molar-refractivity contribution in [3.05, 3.63) is 47.1 Å². The summed E-state index contributed by atoms with van der Waals surface area (Å²) in [5, 5.41) is 4.08. The van der Waals surface area contributed by atoms with Gasteiger partial charge in [0.1, 0.15) is 0 Å². The summed E-state index contributed by atoms with van der Waals surface area (Å²) in [6, 6.07) is 3.35. The first-order valence-electron chi connectivity index (χ1n) is 4.69. The maximum absolute atomic E-state index is 11.0. The Hall–Kier alpha value is -2.04. The molecule has 0 spiro atoms. The number of aryl methyl sites for hydroxylation is 2. The zero-order valence-electron chi connectivity index (χ0n) is 8.21. The lowest BCUT2D eigenvalue weighted by atomic mass is 10.4. The number of nitrogens with zero attached hydrogens (tertiary/aromatic N) is 3. The standard InChI is InChI=1S/C10H12N4O/c11-9-8-13(5-2-10(9)15)6-7-14-4-1-3-12-14/h1-5,8H,6-7,11H2.